The normalized spacial score (nSPS) is 17.1. The van der Waals surface area contributed by atoms with E-state index in [1.54, 1.807) is 39.2 Å². The number of likely N-dealkylation sites (tertiary alicyclic amines) is 1. The number of amides is 2. The molecule has 258 valence electrons. The lowest BCUT2D eigenvalue weighted by atomic mass is 9.83. The van der Waals surface area contributed by atoms with Gasteiger partial charge in [-0.2, -0.15) is 0 Å². The highest BCUT2D eigenvalue weighted by Crippen LogP contribution is 2.40. The second-order valence-corrected chi connectivity index (χ2v) is 13.6. The molecule has 4 rings (SSSR count). The number of hydrogen-bond donors (Lipinski definition) is 0. The first-order chi connectivity index (χ1) is 22.5. The van der Waals surface area contributed by atoms with Crippen LogP contribution in [-0.4, -0.2) is 81.6 Å². The summed E-state index contributed by atoms with van der Waals surface area (Å²) in [7, 11) is 0. The number of aldehydes is 1. The van der Waals surface area contributed by atoms with Crippen molar-refractivity contribution >= 4 is 24.3 Å². The summed E-state index contributed by atoms with van der Waals surface area (Å²) in [5.41, 5.74) is -1.51. The summed E-state index contributed by atoms with van der Waals surface area (Å²) in [5.74, 6) is -3.71. The van der Waals surface area contributed by atoms with E-state index in [4.69, 9.17) is 9.47 Å². The maximum absolute atomic E-state index is 15.6. The smallest absolute Gasteiger partial charge is 0.410 e. The van der Waals surface area contributed by atoms with Crippen LogP contribution in [0.1, 0.15) is 59.0 Å². The first kappa shape index (κ1) is 36.2. The van der Waals surface area contributed by atoms with Crippen molar-refractivity contribution in [1.29, 1.82) is 0 Å². The van der Waals surface area contributed by atoms with E-state index >= 15 is 8.78 Å². The van der Waals surface area contributed by atoms with Crippen LogP contribution < -0.4 is 0 Å². The average molecular weight is 671 g/mol. The van der Waals surface area contributed by atoms with Gasteiger partial charge in [0.1, 0.15) is 41.6 Å². The molecule has 1 saturated heterocycles. The molecule has 13 heteroatoms. The van der Waals surface area contributed by atoms with Crippen LogP contribution in [0.25, 0.3) is 11.3 Å². The molecule has 0 saturated carbocycles. The molecule has 3 atom stereocenters. The van der Waals surface area contributed by atoms with Crippen LogP contribution in [0, 0.1) is 23.0 Å². The molecular formula is C35H41F3N4O6. The van der Waals surface area contributed by atoms with Crippen LogP contribution in [0.3, 0.4) is 0 Å². The molecule has 1 aromatic heterocycles. The van der Waals surface area contributed by atoms with Crippen LogP contribution in [0.15, 0.2) is 54.7 Å². The largest absolute Gasteiger partial charge is 0.456 e. The molecule has 1 aliphatic heterocycles. The van der Waals surface area contributed by atoms with Crippen molar-refractivity contribution in [2.75, 3.05) is 26.2 Å². The molecule has 1 aliphatic rings. The van der Waals surface area contributed by atoms with Gasteiger partial charge in [0.25, 0.3) is 5.91 Å². The summed E-state index contributed by atoms with van der Waals surface area (Å²) < 4.78 is 57.1. The lowest BCUT2D eigenvalue weighted by Gasteiger charge is -2.40. The Hall–Kier alpha value is -4.68. The van der Waals surface area contributed by atoms with Gasteiger partial charge in [0.15, 0.2) is 6.61 Å². The third-order valence-corrected chi connectivity index (χ3v) is 7.94. The van der Waals surface area contributed by atoms with Crippen LogP contribution in [0.4, 0.5) is 18.0 Å². The molecule has 0 N–H and O–H groups in total. The zero-order valence-corrected chi connectivity index (χ0v) is 27.9. The Balaban J connectivity index is 1.84. The molecule has 0 spiro atoms. The SMILES string of the molecule is CC(=O)OCC(=O)N(CC1CN(C(=O)OC(C)(C)C)CC1F)C(c1nc(-c2cc(F)ccc2F)cn1Cc1ccccc1)C(C)(C)C=O. The Morgan fingerprint density at radius 3 is 2.38 bits per heavy atom. The summed E-state index contributed by atoms with van der Waals surface area (Å²) in [6.45, 7) is 8.10. The fourth-order valence-electron chi connectivity index (χ4n) is 5.65. The number of aromatic nitrogens is 2. The van der Waals surface area contributed by atoms with Crippen molar-refractivity contribution in [3.05, 3.63) is 77.8 Å². The van der Waals surface area contributed by atoms with E-state index in [-0.39, 0.29) is 43.3 Å². The van der Waals surface area contributed by atoms with E-state index in [0.717, 1.165) is 30.7 Å². The maximum Gasteiger partial charge on any atom is 0.410 e. The van der Waals surface area contributed by atoms with Crippen LogP contribution in [0.2, 0.25) is 0 Å². The van der Waals surface area contributed by atoms with E-state index in [2.05, 4.69) is 4.98 Å². The van der Waals surface area contributed by atoms with Gasteiger partial charge in [0.2, 0.25) is 0 Å². The quantitative estimate of drug-likeness (QED) is 0.189. The third kappa shape index (κ3) is 8.81. The highest BCUT2D eigenvalue weighted by Gasteiger charge is 2.45. The van der Waals surface area contributed by atoms with E-state index in [9.17, 15) is 23.6 Å². The summed E-state index contributed by atoms with van der Waals surface area (Å²) >= 11 is 0. The molecule has 3 unspecified atom stereocenters. The fourth-order valence-corrected chi connectivity index (χ4v) is 5.65. The maximum atomic E-state index is 15.6. The number of hydrogen-bond acceptors (Lipinski definition) is 7. The number of halogens is 3. The summed E-state index contributed by atoms with van der Waals surface area (Å²) in [6, 6.07) is 10.9. The predicted molar refractivity (Wildman–Crippen MR) is 170 cm³/mol. The highest BCUT2D eigenvalue weighted by atomic mass is 19.1. The van der Waals surface area contributed by atoms with Gasteiger partial charge >= 0.3 is 12.1 Å². The minimum Gasteiger partial charge on any atom is -0.456 e. The van der Waals surface area contributed by atoms with Gasteiger partial charge in [-0.25, -0.2) is 22.9 Å². The molecule has 2 heterocycles. The second-order valence-electron chi connectivity index (χ2n) is 13.6. The van der Waals surface area contributed by atoms with Crippen LogP contribution in [0.5, 0.6) is 0 Å². The van der Waals surface area contributed by atoms with Crippen LogP contribution >= 0.6 is 0 Å². The molecule has 0 aliphatic carbocycles. The summed E-state index contributed by atoms with van der Waals surface area (Å²) in [6.07, 6.45) is -0.152. The summed E-state index contributed by atoms with van der Waals surface area (Å²) in [5, 5.41) is 0. The zero-order chi connectivity index (χ0) is 35.4. The first-order valence-electron chi connectivity index (χ1n) is 15.6. The average Bonchev–Trinajstić information content (AvgIpc) is 3.59. The Morgan fingerprint density at radius 1 is 1.06 bits per heavy atom. The van der Waals surface area contributed by atoms with Crippen molar-refractivity contribution in [3.63, 3.8) is 0 Å². The number of imidazole rings is 1. The van der Waals surface area contributed by atoms with Gasteiger partial charge in [0, 0.05) is 49.7 Å². The van der Waals surface area contributed by atoms with Crippen molar-refractivity contribution in [2.24, 2.45) is 11.3 Å². The number of alkyl halides is 1. The Kier molecular flexibility index (Phi) is 11.0. The Labute approximate surface area is 277 Å². The Bertz CT molecular complexity index is 1640. The lowest BCUT2D eigenvalue weighted by molar-refractivity contribution is -0.154. The van der Waals surface area contributed by atoms with Gasteiger partial charge < -0.3 is 28.6 Å². The van der Waals surface area contributed by atoms with Gasteiger partial charge in [-0.1, -0.05) is 44.2 Å². The number of carbonyl (C=O) groups is 4. The van der Waals surface area contributed by atoms with Crippen molar-refractivity contribution in [3.8, 4) is 11.3 Å². The zero-order valence-electron chi connectivity index (χ0n) is 27.9. The van der Waals surface area contributed by atoms with Gasteiger partial charge in [-0.15, -0.1) is 0 Å². The van der Waals surface area contributed by atoms with Gasteiger partial charge in [-0.05, 0) is 44.5 Å². The molecule has 2 amide bonds. The number of nitrogens with zero attached hydrogens (tertiary/aromatic N) is 4. The van der Waals surface area contributed by atoms with E-state index in [0.29, 0.717) is 6.29 Å². The highest BCUT2D eigenvalue weighted by molar-refractivity contribution is 5.81. The second kappa shape index (κ2) is 14.6. The number of rotatable bonds is 11. The number of carbonyl (C=O) groups excluding carboxylic acids is 4. The molecule has 0 bridgehead atoms. The first-order valence-corrected chi connectivity index (χ1v) is 15.6. The van der Waals surface area contributed by atoms with E-state index in [1.165, 1.54) is 16.0 Å². The van der Waals surface area contributed by atoms with E-state index in [1.807, 2.05) is 30.3 Å². The molecule has 10 nitrogen and oxygen atoms in total. The minimum absolute atomic E-state index is 0.0392. The third-order valence-electron chi connectivity index (χ3n) is 7.94. The molecule has 48 heavy (non-hydrogen) atoms. The topological polar surface area (TPSA) is 111 Å². The fraction of sp³-hybridized carbons (Fsp3) is 0.457. The minimum atomic E-state index is -1.57. The standard InChI is InChI=1S/C35H41F3N4O6/c1-22(44)47-20-30(45)42(17-24-16-41(18-28(24)38)33(46)48-34(2,3)4)31(35(5,6)21-43)32-39-29(26-14-25(36)12-13-27(26)37)19-40(32)15-23-10-8-7-9-11-23/h7-14,19,21,24,28,31H,15-18,20H2,1-6H3. The molecular weight excluding hydrogens is 629 g/mol. The predicted octanol–water partition coefficient (Wildman–Crippen LogP) is 5.74. The van der Waals surface area contributed by atoms with Gasteiger partial charge in [0.05, 0.1) is 12.2 Å². The van der Waals surface area contributed by atoms with Crippen molar-refractivity contribution in [1.82, 2.24) is 19.4 Å². The van der Waals surface area contributed by atoms with Gasteiger partial charge in [-0.3, -0.25) is 9.59 Å². The number of ether oxygens (including phenoxy) is 2. The Morgan fingerprint density at radius 2 is 1.75 bits per heavy atom. The van der Waals surface area contributed by atoms with Crippen molar-refractivity contribution in [2.45, 2.75) is 65.9 Å². The number of esters is 1. The van der Waals surface area contributed by atoms with E-state index < -0.39 is 65.4 Å². The monoisotopic (exact) mass is 670 g/mol. The molecule has 1 fully saturated rings. The molecule has 2 aromatic carbocycles. The molecule has 0 radical (unpaired) electrons. The lowest BCUT2D eigenvalue weighted by Crippen LogP contribution is -2.48. The van der Waals surface area contributed by atoms with Crippen LogP contribution in [-0.2, 0) is 30.4 Å². The number of benzene rings is 2. The summed E-state index contributed by atoms with van der Waals surface area (Å²) in [4.78, 5) is 58.3. The molecule has 3 aromatic rings. The van der Waals surface area contributed by atoms with Crippen molar-refractivity contribution < 1.29 is 41.8 Å².